The summed E-state index contributed by atoms with van der Waals surface area (Å²) >= 11 is 0. The molecule has 51 heavy (non-hydrogen) atoms. The standard InChI is InChI=1S/C40H39NO10/c1-25(42)46-24-36-38(48-26(2)43)40(50-28(4)45)39(49-27(3)44)37(51-36)31-17-15-30(16-18-31)32-19-20-33(22-41-34-13-9-6-10-14-34)35(21-32)47-23-29-11-7-5-8-12-29/h5-22,36-40H,23-24H2,1-4H3. The second kappa shape index (κ2) is 17.2. The summed E-state index contributed by atoms with van der Waals surface area (Å²) in [5.41, 5.74) is 4.91. The zero-order valence-electron chi connectivity index (χ0n) is 28.7. The number of nitrogens with zero attached hydrogens (tertiary/aromatic N) is 1. The maximum atomic E-state index is 12.3. The van der Waals surface area contributed by atoms with E-state index < -0.39 is 54.4 Å². The number of hydrogen-bond acceptors (Lipinski definition) is 11. The summed E-state index contributed by atoms with van der Waals surface area (Å²) < 4.78 is 34.6. The predicted octanol–water partition coefficient (Wildman–Crippen LogP) is 6.48. The Morgan fingerprint density at radius 2 is 1.25 bits per heavy atom. The number of carbonyl (C=O) groups is 4. The number of para-hydroxylation sites is 1. The predicted molar refractivity (Wildman–Crippen MR) is 187 cm³/mol. The first-order chi connectivity index (χ1) is 24.6. The first-order valence-electron chi connectivity index (χ1n) is 16.4. The zero-order chi connectivity index (χ0) is 36.3. The molecule has 4 aromatic carbocycles. The molecule has 0 saturated carbocycles. The van der Waals surface area contributed by atoms with Crippen LogP contribution in [0.25, 0.3) is 11.1 Å². The number of ether oxygens (including phenoxy) is 6. The molecule has 11 nitrogen and oxygen atoms in total. The molecule has 1 heterocycles. The van der Waals surface area contributed by atoms with Crippen molar-refractivity contribution in [3.05, 3.63) is 120 Å². The second-order valence-corrected chi connectivity index (χ2v) is 11.9. The van der Waals surface area contributed by atoms with E-state index in [0.29, 0.717) is 17.9 Å². The van der Waals surface area contributed by atoms with E-state index in [1.165, 1.54) is 27.7 Å². The van der Waals surface area contributed by atoms with Crippen molar-refractivity contribution in [1.82, 2.24) is 0 Å². The molecule has 0 aliphatic carbocycles. The number of aliphatic imine (C=N–C) groups is 1. The van der Waals surface area contributed by atoms with Gasteiger partial charge in [-0.1, -0.05) is 78.9 Å². The Labute approximate surface area is 296 Å². The third kappa shape index (κ3) is 10.1. The Kier molecular flexibility index (Phi) is 12.3. The Hall–Kier alpha value is -5.81. The van der Waals surface area contributed by atoms with Crippen LogP contribution in [-0.4, -0.2) is 61.1 Å². The van der Waals surface area contributed by atoms with E-state index in [-0.39, 0.29) is 6.61 Å². The fourth-order valence-electron chi connectivity index (χ4n) is 5.70. The van der Waals surface area contributed by atoms with Crippen molar-refractivity contribution in [2.45, 2.75) is 64.8 Å². The van der Waals surface area contributed by atoms with Crippen LogP contribution in [0.3, 0.4) is 0 Å². The molecule has 1 saturated heterocycles. The maximum absolute atomic E-state index is 12.3. The number of hydrogen-bond donors (Lipinski definition) is 0. The monoisotopic (exact) mass is 693 g/mol. The molecule has 0 aromatic heterocycles. The first-order valence-corrected chi connectivity index (χ1v) is 16.4. The zero-order valence-corrected chi connectivity index (χ0v) is 28.7. The molecule has 4 aromatic rings. The van der Waals surface area contributed by atoms with E-state index in [2.05, 4.69) is 4.99 Å². The molecular weight excluding hydrogens is 654 g/mol. The van der Waals surface area contributed by atoms with Gasteiger partial charge >= 0.3 is 23.9 Å². The van der Waals surface area contributed by atoms with Crippen molar-refractivity contribution in [2.24, 2.45) is 4.99 Å². The van der Waals surface area contributed by atoms with E-state index >= 15 is 0 Å². The summed E-state index contributed by atoms with van der Waals surface area (Å²) in [6.07, 6.45) is -3.95. The minimum Gasteiger partial charge on any atom is -0.488 e. The Balaban J connectivity index is 1.47. The molecule has 11 heteroatoms. The van der Waals surface area contributed by atoms with Crippen molar-refractivity contribution in [1.29, 1.82) is 0 Å². The lowest BCUT2D eigenvalue weighted by Gasteiger charge is -2.44. The Morgan fingerprint density at radius 1 is 0.667 bits per heavy atom. The van der Waals surface area contributed by atoms with Gasteiger partial charge in [-0.2, -0.15) is 0 Å². The Bertz CT molecular complexity index is 1840. The van der Waals surface area contributed by atoms with E-state index in [4.69, 9.17) is 28.4 Å². The molecule has 0 bridgehead atoms. The van der Waals surface area contributed by atoms with Gasteiger partial charge in [0.2, 0.25) is 0 Å². The van der Waals surface area contributed by atoms with Crippen molar-refractivity contribution < 1.29 is 47.6 Å². The van der Waals surface area contributed by atoms with Gasteiger partial charge in [0.05, 0.1) is 5.69 Å². The topological polar surface area (TPSA) is 136 Å². The van der Waals surface area contributed by atoms with Gasteiger partial charge in [-0.05, 0) is 46.5 Å². The average Bonchev–Trinajstić information content (AvgIpc) is 3.11. The van der Waals surface area contributed by atoms with Crippen molar-refractivity contribution in [2.75, 3.05) is 6.61 Å². The van der Waals surface area contributed by atoms with Crippen LogP contribution in [-0.2, 0) is 49.5 Å². The lowest BCUT2D eigenvalue weighted by molar-refractivity contribution is -0.254. The number of rotatable bonds is 12. The largest absolute Gasteiger partial charge is 0.488 e. The van der Waals surface area contributed by atoms with Gasteiger partial charge in [-0.3, -0.25) is 24.2 Å². The van der Waals surface area contributed by atoms with Crippen LogP contribution in [0.2, 0.25) is 0 Å². The lowest BCUT2D eigenvalue weighted by atomic mass is 9.89. The van der Waals surface area contributed by atoms with Crippen LogP contribution in [0, 0.1) is 0 Å². The van der Waals surface area contributed by atoms with Crippen LogP contribution in [0.15, 0.2) is 108 Å². The van der Waals surface area contributed by atoms with Gasteiger partial charge in [0.15, 0.2) is 18.3 Å². The normalized spacial score (nSPS) is 19.9. The molecular formula is C40H39NO10. The average molecular weight is 694 g/mol. The summed E-state index contributed by atoms with van der Waals surface area (Å²) in [5.74, 6) is -2.00. The molecule has 0 amide bonds. The van der Waals surface area contributed by atoms with Crippen molar-refractivity contribution in [3.8, 4) is 16.9 Å². The van der Waals surface area contributed by atoms with Gasteiger partial charge in [-0.15, -0.1) is 0 Å². The molecule has 1 fully saturated rings. The van der Waals surface area contributed by atoms with Crippen LogP contribution >= 0.6 is 0 Å². The lowest BCUT2D eigenvalue weighted by Crippen LogP contribution is -2.59. The minimum atomic E-state index is -1.26. The van der Waals surface area contributed by atoms with Crippen molar-refractivity contribution >= 4 is 35.8 Å². The summed E-state index contributed by atoms with van der Waals surface area (Å²) in [4.78, 5) is 53.0. The second-order valence-electron chi connectivity index (χ2n) is 11.9. The molecule has 5 unspecified atom stereocenters. The summed E-state index contributed by atoms with van der Waals surface area (Å²) in [6, 6.07) is 32.7. The van der Waals surface area contributed by atoms with E-state index in [1.807, 2.05) is 91.0 Å². The van der Waals surface area contributed by atoms with Crippen LogP contribution < -0.4 is 4.74 Å². The smallest absolute Gasteiger partial charge is 0.303 e. The summed E-state index contributed by atoms with van der Waals surface area (Å²) in [6.45, 7) is 4.86. The highest BCUT2D eigenvalue weighted by atomic mass is 16.7. The molecule has 0 spiro atoms. The highest BCUT2D eigenvalue weighted by molar-refractivity contribution is 5.87. The van der Waals surface area contributed by atoms with Gasteiger partial charge in [0.1, 0.15) is 31.2 Å². The maximum Gasteiger partial charge on any atom is 0.303 e. The molecule has 0 radical (unpaired) electrons. The van der Waals surface area contributed by atoms with Gasteiger partial charge in [-0.25, -0.2) is 0 Å². The number of benzene rings is 4. The third-order valence-corrected chi connectivity index (χ3v) is 7.92. The number of carbonyl (C=O) groups excluding carboxylic acids is 4. The SMILES string of the molecule is CC(=O)OCC1OC(c2ccc(-c3ccc(C=Nc4ccccc4)c(OCc4ccccc4)c3)cc2)C(OC(C)=O)C(OC(C)=O)C1OC(C)=O. The summed E-state index contributed by atoms with van der Waals surface area (Å²) in [7, 11) is 0. The molecule has 264 valence electrons. The highest BCUT2D eigenvalue weighted by Gasteiger charge is 2.52. The van der Waals surface area contributed by atoms with E-state index in [0.717, 1.165) is 27.9 Å². The van der Waals surface area contributed by atoms with E-state index in [1.54, 1.807) is 18.3 Å². The van der Waals surface area contributed by atoms with Crippen LogP contribution in [0.5, 0.6) is 5.75 Å². The van der Waals surface area contributed by atoms with Crippen LogP contribution in [0.1, 0.15) is 50.5 Å². The van der Waals surface area contributed by atoms with E-state index in [9.17, 15) is 19.2 Å². The molecule has 1 aliphatic heterocycles. The molecule has 1 aliphatic rings. The van der Waals surface area contributed by atoms with Gasteiger partial charge in [0.25, 0.3) is 0 Å². The molecule has 5 atom stereocenters. The van der Waals surface area contributed by atoms with Crippen LogP contribution in [0.4, 0.5) is 5.69 Å². The number of esters is 4. The third-order valence-electron chi connectivity index (χ3n) is 7.92. The summed E-state index contributed by atoms with van der Waals surface area (Å²) in [5, 5.41) is 0. The quantitative estimate of drug-likeness (QED) is 0.0921. The molecule has 0 N–H and O–H groups in total. The minimum absolute atomic E-state index is 0.307. The fourth-order valence-corrected chi connectivity index (χ4v) is 5.70. The molecule has 5 rings (SSSR count). The van der Waals surface area contributed by atoms with Gasteiger partial charge in [0, 0.05) is 39.5 Å². The first kappa shape index (κ1) is 36.5. The Morgan fingerprint density at radius 3 is 1.88 bits per heavy atom. The van der Waals surface area contributed by atoms with Gasteiger partial charge < -0.3 is 28.4 Å². The highest BCUT2D eigenvalue weighted by Crippen LogP contribution is 2.38. The fraction of sp³-hybridized carbons (Fsp3) is 0.275. The van der Waals surface area contributed by atoms with Crippen molar-refractivity contribution in [3.63, 3.8) is 0 Å².